The van der Waals surface area contributed by atoms with Gasteiger partial charge in [0.05, 0.1) is 19.9 Å². The lowest BCUT2D eigenvalue weighted by Gasteiger charge is -2.12. The van der Waals surface area contributed by atoms with Gasteiger partial charge in [0.25, 0.3) is 0 Å². The number of anilines is 1. The Labute approximate surface area is 177 Å². The first-order valence-corrected chi connectivity index (χ1v) is 8.24. The molecule has 0 radical (unpaired) electrons. The van der Waals surface area contributed by atoms with E-state index in [0.717, 1.165) is 28.2 Å². The summed E-state index contributed by atoms with van der Waals surface area (Å²) in [6.07, 6.45) is 0. The van der Waals surface area contributed by atoms with Gasteiger partial charge >= 0.3 is 0 Å². The van der Waals surface area contributed by atoms with Gasteiger partial charge in [0.1, 0.15) is 5.82 Å². The van der Waals surface area contributed by atoms with Crippen molar-refractivity contribution >= 4 is 30.5 Å². The number of aryl methyl sites for hydroxylation is 1. The minimum Gasteiger partial charge on any atom is -0.502 e. The number of methoxy groups -OCH3 is 2. The molecule has 2 aromatic carbocycles. The van der Waals surface area contributed by atoms with Crippen molar-refractivity contribution in [2.75, 3.05) is 33.2 Å². The molecule has 0 saturated carbocycles. The summed E-state index contributed by atoms with van der Waals surface area (Å²) in [4.78, 5) is 10.1. The number of aromatic amines is 1. The number of phenols is 1. The maximum absolute atomic E-state index is 10.1. The predicted octanol–water partition coefficient (Wildman–Crippen LogP) is 4.68. The van der Waals surface area contributed by atoms with E-state index in [1.165, 1.54) is 14.2 Å². The van der Waals surface area contributed by atoms with Crippen LogP contribution in [0.3, 0.4) is 0 Å². The van der Waals surface area contributed by atoms with Crippen LogP contribution in [0.4, 0.5) is 5.69 Å². The molecule has 8 heteroatoms. The standard InChI is InChI=1S/C20H23N3O3.2ClH/c1-12-18(13-6-8-15(9-7-13)23(2)3)22-20(21-12)14-10-16(25-4)19(24)17(11-14)26-5;;/h6-11,24H,1-5H3,(H,21,22);2*1H. The average molecular weight is 426 g/mol. The van der Waals surface area contributed by atoms with Crippen molar-refractivity contribution in [2.45, 2.75) is 6.92 Å². The highest BCUT2D eigenvalue weighted by Crippen LogP contribution is 2.40. The van der Waals surface area contributed by atoms with Crippen molar-refractivity contribution in [3.63, 3.8) is 0 Å². The van der Waals surface area contributed by atoms with E-state index in [1.54, 1.807) is 12.1 Å². The average Bonchev–Trinajstić information content (AvgIpc) is 3.03. The first-order chi connectivity index (χ1) is 12.4. The molecular formula is C20H25Cl2N3O3. The third-order valence-corrected chi connectivity index (χ3v) is 4.30. The number of rotatable bonds is 5. The van der Waals surface area contributed by atoms with Crippen LogP contribution in [-0.4, -0.2) is 43.4 Å². The molecular weight excluding hydrogens is 401 g/mol. The monoisotopic (exact) mass is 425 g/mol. The quantitative estimate of drug-likeness (QED) is 0.620. The number of benzene rings is 2. The number of phenolic OH excluding ortho intramolecular Hbond substituents is 1. The molecule has 3 aromatic rings. The summed E-state index contributed by atoms with van der Waals surface area (Å²) < 4.78 is 10.5. The minimum atomic E-state index is -0.0264. The second kappa shape index (κ2) is 9.57. The van der Waals surface area contributed by atoms with Gasteiger partial charge in [-0.2, -0.15) is 0 Å². The van der Waals surface area contributed by atoms with Crippen LogP contribution < -0.4 is 14.4 Å². The molecule has 0 saturated heterocycles. The van der Waals surface area contributed by atoms with E-state index in [-0.39, 0.29) is 30.6 Å². The lowest BCUT2D eigenvalue weighted by atomic mass is 10.1. The molecule has 0 fully saturated rings. The Morgan fingerprint density at radius 3 is 1.93 bits per heavy atom. The van der Waals surface area contributed by atoms with Crippen LogP contribution in [0.15, 0.2) is 36.4 Å². The zero-order valence-electron chi connectivity index (χ0n) is 16.4. The van der Waals surface area contributed by atoms with Gasteiger partial charge in [0, 0.05) is 36.6 Å². The Bertz CT molecular complexity index is 900. The van der Waals surface area contributed by atoms with Crippen LogP contribution in [0, 0.1) is 6.92 Å². The van der Waals surface area contributed by atoms with Crippen molar-refractivity contribution < 1.29 is 14.6 Å². The number of aromatic hydroxyl groups is 1. The highest BCUT2D eigenvalue weighted by Gasteiger charge is 2.16. The molecule has 0 aliphatic carbocycles. The molecule has 0 amide bonds. The van der Waals surface area contributed by atoms with E-state index < -0.39 is 0 Å². The van der Waals surface area contributed by atoms with Gasteiger partial charge in [-0.3, -0.25) is 0 Å². The molecule has 0 atom stereocenters. The SMILES string of the molecule is COc1cc(-c2nc(-c3ccc(N(C)C)cc3)c(C)[nH]2)cc(OC)c1O.Cl.Cl. The molecule has 3 rings (SSSR count). The maximum atomic E-state index is 10.1. The Morgan fingerprint density at radius 1 is 0.929 bits per heavy atom. The van der Waals surface area contributed by atoms with E-state index >= 15 is 0 Å². The number of nitrogens with one attached hydrogen (secondary N) is 1. The third kappa shape index (κ3) is 4.46. The number of aromatic nitrogens is 2. The van der Waals surface area contributed by atoms with Crippen LogP contribution in [0.1, 0.15) is 5.69 Å². The van der Waals surface area contributed by atoms with Crippen LogP contribution in [0.25, 0.3) is 22.6 Å². The molecule has 152 valence electrons. The largest absolute Gasteiger partial charge is 0.502 e. The first-order valence-electron chi connectivity index (χ1n) is 8.24. The van der Waals surface area contributed by atoms with E-state index in [9.17, 15) is 5.11 Å². The number of hydrogen-bond acceptors (Lipinski definition) is 5. The Kier molecular flexibility index (Phi) is 8.02. The van der Waals surface area contributed by atoms with Crippen molar-refractivity contribution in [2.24, 2.45) is 0 Å². The van der Waals surface area contributed by atoms with Gasteiger partial charge in [0.2, 0.25) is 5.75 Å². The summed E-state index contributed by atoms with van der Waals surface area (Å²) in [7, 11) is 7.03. The number of imidazole rings is 1. The fourth-order valence-corrected chi connectivity index (χ4v) is 2.83. The second-order valence-corrected chi connectivity index (χ2v) is 6.23. The topological polar surface area (TPSA) is 70.6 Å². The lowest BCUT2D eigenvalue weighted by molar-refractivity contribution is 0.340. The van der Waals surface area contributed by atoms with Gasteiger partial charge < -0.3 is 24.5 Å². The van der Waals surface area contributed by atoms with Crippen LogP contribution in [-0.2, 0) is 0 Å². The number of ether oxygens (including phenoxy) is 2. The van der Waals surface area contributed by atoms with Crippen LogP contribution >= 0.6 is 24.8 Å². The normalized spacial score (nSPS) is 9.89. The number of hydrogen-bond donors (Lipinski definition) is 2. The van der Waals surface area contributed by atoms with Crippen molar-refractivity contribution in [3.8, 4) is 39.9 Å². The summed E-state index contributed by atoms with van der Waals surface area (Å²) in [5, 5.41) is 10.1. The first kappa shape index (κ1) is 23.5. The maximum Gasteiger partial charge on any atom is 0.200 e. The van der Waals surface area contributed by atoms with Crippen LogP contribution in [0.5, 0.6) is 17.2 Å². The lowest BCUT2D eigenvalue weighted by Crippen LogP contribution is -2.07. The fourth-order valence-electron chi connectivity index (χ4n) is 2.83. The summed E-state index contributed by atoms with van der Waals surface area (Å²) in [5.74, 6) is 1.34. The smallest absolute Gasteiger partial charge is 0.200 e. The second-order valence-electron chi connectivity index (χ2n) is 6.23. The molecule has 1 aromatic heterocycles. The summed E-state index contributed by atoms with van der Waals surface area (Å²) in [6, 6.07) is 11.7. The molecule has 0 aliphatic rings. The predicted molar refractivity (Wildman–Crippen MR) is 118 cm³/mol. The van der Waals surface area contributed by atoms with Gasteiger partial charge in [-0.25, -0.2) is 4.98 Å². The Hall–Kier alpha value is -2.57. The summed E-state index contributed by atoms with van der Waals surface area (Å²) in [5.41, 5.74) is 4.79. The molecule has 0 unspecified atom stereocenters. The van der Waals surface area contributed by atoms with Gasteiger partial charge in [-0.05, 0) is 31.2 Å². The van der Waals surface area contributed by atoms with Crippen molar-refractivity contribution in [1.82, 2.24) is 9.97 Å². The Balaban J connectivity index is 0.00000196. The molecule has 0 bridgehead atoms. The summed E-state index contributed by atoms with van der Waals surface area (Å²) in [6.45, 7) is 1.99. The van der Waals surface area contributed by atoms with E-state index in [4.69, 9.17) is 14.5 Å². The van der Waals surface area contributed by atoms with Crippen molar-refractivity contribution in [1.29, 1.82) is 0 Å². The van der Waals surface area contributed by atoms with E-state index in [0.29, 0.717) is 17.3 Å². The third-order valence-electron chi connectivity index (χ3n) is 4.30. The highest BCUT2D eigenvalue weighted by molar-refractivity contribution is 5.85. The van der Waals surface area contributed by atoms with E-state index in [1.807, 2.05) is 21.0 Å². The highest BCUT2D eigenvalue weighted by atomic mass is 35.5. The summed E-state index contributed by atoms with van der Waals surface area (Å²) >= 11 is 0. The van der Waals surface area contributed by atoms with Crippen LogP contribution in [0.2, 0.25) is 0 Å². The molecule has 28 heavy (non-hydrogen) atoms. The molecule has 0 aliphatic heterocycles. The van der Waals surface area contributed by atoms with Gasteiger partial charge in [0.15, 0.2) is 11.5 Å². The van der Waals surface area contributed by atoms with Gasteiger partial charge in [-0.1, -0.05) is 12.1 Å². The number of halogens is 2. The van der Waals surface area contributed by atoms with E-state index in [2.05, 4.69) is 34.1 Å². The number of H-pyrrole nitrogens is 1. The van der Waals surface area contributed by atoms with Gasteiger partial charge in [-0.15, -0.1) is 24.8 Å². The minimum absolute atomic E-state index is 0. The molecule has 6 nitrogen and oxygen atoms in total. The molecule has 0 spiro atoms. The molecule has 1 heterocycles. The Morgan fingerprint density at radius 2 is 1.46 bits per heavy atom. The van der Waals surface area contributed by atoms with Crippen molar-refractivity contribution in [3.05, 3.63) is 42.1 Å². The number of nitrogens with zero attached hydrogens (tertiary/aromatic N) is 2. The zero-order valence-corrected chi connectivity index (χ0v) is 18.1. The zero-order chi connectivity index (χ0) is 18.8. The molecule has 2 N–H and O–H groups in total. The fraction of sp³-hybridized carbons (Fsp3) is 0.250.